The van der Waals surface area contributed by atoms with Crippen molar-refractivity contribution in [3.63, 3.8) is 0 Å². The summed E-state index contributed by atoms with van der Waals surface area (Å²) in [5.74, 6) is 0.790. The van der Waals surface area contributed by atoms with E-state index < -0.39 is 0 Å². The van der Waals surface area contributed by atoms with Crippen molar-refractivity contribution in [2.75, 3.05) is 25.4 Å². The van der Waals surface area contributed by atoms with Crippen LogP contribution in [0.3, 0.4) is 0 Å². The Bertz CT molecular complexity index is 798. The number of nitrogen functional groups attached to an aromatic ring is 1. The van der Waals surface area contributed by atoms with E-state index in [-0.39, 0.29) is 24.0 Å². The first-order chi connectivity index (χ1) is 13.7. The molecular formula is C21H28N6O. The van der Waals surface area contributed by atoms with Gasteiger partial charge in [0.1, 0.15) is 5.82 Å². The van der Waals surface area contributed by atoms with Crippen LogP contribution >= 0.6 is 0 Å². The minimum atomic E-state index is 0.0279. The number of nitrogens with one attached hydrogen (secondary N) is 3. The molecule has 3 unspecified atom stereocenters. The number of amides is 2. The van der Waals surface area contributed by atoms with E-state index in [1.807, 2.05) is 35.2 Å². The van der Waals surface area contributed by atoms with Gasteiger partial charge < -0.3 is 16.0 Å². The molecule has 28 heavy (non-hydrogen) atoms. The topological polar surface area (TPSA) is 95.3 Å². The molecule has 1 aromatic carbocycles. The van der Waals surface area contributed by atoms with Crippen LogP contribution in [0.1, 0.15) is 29.9 Å². The summed E-state index contributed by atoms with van der Waals surface area (Å²) in [6, 6.07) is 14.5. The molecule has 0 aliphatic carbocycles. The Balaban J connectivity index is 1.39. The SMILES string of the molecule is Nc1cc(C2CNNC2C2CCCN2C(=O)NCCc2ccccc2)ccn1. The zero-order valence-corrected chi connectivity index (χ0v) is 16.0. The van der Waals surface area contributed by atoms with Crippen LogP contribution in [0.5, 0.6) is 0 Å². The highest BCUT2D eigenvalue weighted by atomic mass is 16.2. The summed E-state index contributed by atoms with van der Waals surface area (Å²) in [5.41, 5.74) is 14.9. The van der Waals surface area contributed by atoms with Crippen molar-refractivity contribution in [3.8, 4) is 0 Å². The number of anilines is 1. The van der Waals surface area contributed by atoms with Gasteiger partial charge in [0.05, 0.1) is 6.04 Å². The van der Waals surface area contributed by atoms with Crippen molar-refractivity contribution in [2.24, 2.45) is 0 Å². The molecular weight excluding hydrogens is 352 g/mol. The fourth-order valence-corrected chi connectivity index (χ4v) is 4.38. The van der Waals surface area contributed by atoms with Crippen molar-refractivity contribution in [1.29, 1.82) is 0 Å². The second-order valence-electron chi connectivity index (χ2n) is 7.54. The Kier molecular flexibility index (Phi) is 5.73. The minimum absolute atomic E-state index is 0.0279. The van der Waals surface area contributed by atoms with Gasteiger partial charge in [0.2, 0.25) is 0 Å². The van der Waals surface area contributed by atoms with E-state index in [0.717, 1.165) is 37.9 Å². The van der Waals surface area contributed by atoms with Crippen LogP contribution in [0.15, 0.2) is 48.7 Å². The Morgan fingerprint density at radius 1 is 1.29 bits per heavy atom. The lowest BCUT2D eigenvalue weighted by molar-refractivity contribution is 0.178. The third kappa shape index (κ3) is 4.10. The lowest BCUT2D eigenvalue weighted by Gasteiger charge is -2.32. The molecule has 4 rings (SSSR count). The molecule has 2 amide bonds. The van der Waals surface area contributed by atoms with Gasteiger partial charge in [0.25, 0.3) is 0 Å². The summed E-state index contributed by atoms with van der Waals surface area (Å²) >= 11 is 0. The molecule has 2 saturated heterocycles. The van der Waals surface area contributed by atoms with Gasteiger partial charge in [-0.3, -0.25) is 10.9 Å². The van der Waals surface area contributed by atoms with Gasteiger partial charge in [0, 0.05) is 37.8 Å². The number of carbonyl (C=O) groups excluding carboxylic acids is 1. The molecule has 3 heterocycles. The molecule has 0 radical (unpaired) electrons. The number of hydrogen-bond donors (Lipinski definition) is 4. The average molecular weight is 380 g/mol. The van der Waals surface area contributed by atoms with Gasteiger partial charge in [-0.25, -0.2) is 9.78 Å². The highest BCUT2D eigenvalue weighted by molar-refractivity contribution is 5.75. The molecule has 2 aliphatic heterocycles. The van der Waals surface area contributed by atoms with E-state index in [0.29, 0.717) is 12.4 Å². The van der Waals surface area contributed by atoms with Crippen LogP contribution in [-0.4, -0.2) is 47.6 Å². The van der Waals surface area contributed by atoms with Crippen LogP contribution in [0.25, 0.3) is 0 Å². The van der Waals surface area contributed by atoms with Crippen molar-refractivity contribution < 1.29 is 4.79 Å². The van der Waals surface area contributed by atoms with Crippen molar-refractivity contribution in [1.82, 2.24) is 26.1 Å². The molecule has 0 bridgehead atoms. The molecule has 7 nitrogen and oxygen atoms in total. The number of urea groups is 1. The second kappa shape index (κ2) is 8.58. The number of nitrogens with zero attached hydrogens (tertiary/aromatic N) is 2. The summed E-state index contributed by atoms with van der Waals surface area (Å²) in [4.78, 5) is 18.9. The number of hydrogen-bond acceptors (Lipinski definition) is 5. The monoisotopic (exact) mass is 380 g/mol. The number of benzene rings is 1. The van der Waals surface area contributed by atoms with Crippen LogP contribution in [0.2, 0.25) is 0 Å². The first-order valence-electron chi connectivity index (χ1n) is 10.0. The Labute approximate surface area is 165 Å². The minimum Gasteiger partial charge on any atom is -0.384 e. The molecule has 7 heteroatoms. The highest BCUT2D eigenvalue weighted by Gasteiger charge is 2.41. The quantitative estimate of drug-likeness (QED) is 0.633. The molecule has 148 valence electrons. The predicted molar refractivity (Wildman–Crippen MR) is 110 cm³/mol. The predicted octanol–water partition coefficient (Wildman–Crippen LogP) is 1.64. The summed E-state index contributed by atoms with van der Waals surface area (Å²) in [6.07, 6.45) is 4.62. The lowest BCUT2D eigenvalue weighted by atomic mass is 9.88. The highest BCUT2D eigenvalue weighted by Crippen LogP contribution is 2.31. The van der Waals surface area contributed by atoms with E-state index in [1.54, 1.807) is 6.20 Å². The van der Waals surface area contributed by atoms with E-state index in [9.17, 15) is 4.79 Å². The zero-order chi connectivity index (χ0) is 19.3. The van der Waals surface area contributed by atoms with E-state index >= 15 is 0 Å². The molecule has 2 fully saturated rings. The van der Waals surface area contributed by atoms with E-state index in [2.05, 4.69) is 33.3 Å². The Hall–Kier alpha value is -2.64. The summed E-state index contributed by atoms with van der Waals surface area (Å²) in [7, 11) is 0. The maximum absolute atomic E-state index is 12.8. The Morgan fingerprint density at radius 3 is 2.96 bits per heavy atom. The van der Waals surface area contributed by atoms with Gasteiger partial charge in [0.15, 0.2) is 0 Å². The fourth-order valence-electron chi connectivity index (χ4n) is 4.38. The molecule has 3 atom stereocenters. The molecule has 5 N–H and O–H groups in total. The van der Waals surface area contributed by atoms with E-state index in [4.69, 9.17) is 5.73 Å². The number of pyridine rings is 1. The maximum Gasteiger partial charge on any atom is 0.317 e. The van der Waals surface area contributed by atoms with Crippen LogP contribution in [0, 0.1) is 0 Å². The normalized spacial score (nSPS) is 24.4. The Morgan fingerprint density at radius 2 is 2.14 bits per heavy atom. The maximum atomic E-state index is 12.8. The van der Waals surface area contributed by atoms with Crippen LogP contribution in [0.4, 0.5) is 10.6 Å². The summed E-state index contributed by atoms with van der Waals surface area (Å²) in [6.45, 7) is 2.26. The third-order valence-corrected chi connectivity index (χ3v) is 5.76. The number of carbonyl (C=O) groups is 1. The van der Waals surface area contributed by atoms with Gasteiger partial charge >= 0.3 is 6.03 Å². The smallest absolute Gasteiger partial charge is 0.317 e. The molecule has 0 spiro atoms. The lowest BCUT2D eigenvalue weighted by Crippen LogP contribution is -2.52. The van der Waals surface area contributed by atoms with Gasteiger partial charge in [-0.15, -0.1) is 0 Å². The van der Waals surface area contributed by atoms with E-state index in [1.165, 1.54) is 5.56 Å². The average Bonchev–Trinajstić information content (AvgIpc) is 3.38. The largest absolute Gasteiger partial charge is 0.384 e. The molecule has 0 saturated carbocycles. The van der Waals surface area contributed by atoms with Crippen molar-refractivity contribution in [3.05, 3.63) is 59.8 Å². The van der Waals surface area contributed by atoms with Crippen molar-refractivity contribution in [2.45, 2.75) is 37.3 Å². The first kappa shape index (κ1) is 18.7. The molecule has 2 aliphatic rings. The van der Waals surface area contributed by atoms with Crippen LogP contribution < -0.4 is 21.9 Å². The van der Waals surface area contributed by atoms with Gasteiger partial charge in [-0.2, -0.15) is 0 Å². The second-order valence-corrected chi connectivity index (χ2v) is 7.54. The fraction of sp³-hybridized carbons (Fsp3) is 0.429. The molecule has 1 aromatic heterocycles. The standard InChI is InChI=1S/C21H28N6O/c22-19-13-16(9-11-23-19)17-14-25-26-20(17)18-7-4-12-27(18)21(28)24-10-8-15-5-2-1-3-6-15/h1-3,5-6,9,11,13,17-18,20,25-26H,4,7-8,10,12,14H2,(H2,22,23)(H,24,28). The first-order valence-corrected chi connectivity index (χ1v) is 10.0. The van der Waals surface area contributed by atoms with Crippen LogP contribution in [-0.2, 0) is 6.42 Å². The third-order valence-electron chi connectivity index (χ3n) is 5.76. The number of hydrazine groups is 1. The number of nitrogens with two attached hydrogens (primary N) is 1. The van der Waals surface area contributed by atoms with Gasteiger partial charge in [-0.05, 0) is 42.5 Å². The number of rotatable bonds is 5. The molecule has 2 aromatic rings. The van der Waals surface area contributed by atoms with Crippen molar-refractivity contribution >= 4 is 11.8 Å². The summed E-state index contributed by atoms with van der Waals surface area (Å²) < 4.78 is 0. The number of likely N-dealkylation sites (tertiary alicyclic amines) is 1. The summed E-state index contributed by atoms with van der Waals surface area (Å²) in [5, 5.41) is 3.10. The van der Waals surface area contributed by atoms with Gasteiger partial charge in [-0.1, -0.05) is 30.3 Å². The zero-order valence-electron chi connectivity index (χ0n) is 16.0. The number of aromatic nitrogens is 1.